The van der Waals surface area contributed by atoms with Gasteiger partial charge in [-0.3, -0.25) is 20.1 Å². The number of anilines is 1. The lowest BCUT2D eigenvalue weighted by atomic mass is 9.96. The van der Waals surface area contributed by atoms with E-state index in [2.05, 4.69) is 59.2 Å². The number of aromatic nitrogens is 3. The molecule has 0 unspecified atom stereocenters. The van der Waals surface area contributed by atoms with Gasteiger partial charge in [-0.2, -0.15) is 14.9 Å². The molecule has 9 heteroatoms. The molecule has 3 heterocycles. The lowest BCUT2D eigenvalue weighted by Gasteiger charge is -2.32. The number of amides is 1. The molecular weight excluding hydrogens is 428 g/mol. The van der Waals surface area contributed by atoms with Gasteiger partial charge in [-0.15, -0.1) is 0 Å². The number of nitrogens with zero attached hydrogens (tertiary/aromatic N) is 7. The first-order valence-electron chi connectivity index (χ1n) is 11.5. The lowest BCUT2D eigenvalue weighted by molar-refractivity contribution is 0.0945. The molecule has 178 valence electrons. The number of fused-ring (bicyclic) bond motifs is 1. The van der Waals surface area contributed by atoms with E-state index in [0.717, 1.165) is 32.7 Å². The van der Waals surface area contributed by atoms with Crippen LogP contribution in [0.15, 0.2) is 42.6 Å². The van der Waals surface area contributed by atoms with Crippen molar-refractivity contribution < 1.29 is 4.79 Å². The third-order valence-electron chi connectivity index (χ3n) is 5.82. The third-order valence-corrected chi connectivity index (χ3v) is 5.82. The second kappa shape index (κ2) is 9.79. The monoisotopic (exact) mass is 460 g/mol. The predicted octanol–water partition coefficient (Wildman–Crippen LogP) is 2.55. The van der Waals surface area contributed by atoms with Crippen LogP contribution in [0, 0.1) is 16.7 Å². The Morgan fingerprint density at radius 3 is 2.50 bits per heavy atom. The Balaban J connectivity index is 1.53. The maximum atomic E-state index is 13.2. The Morgan fingerprint density at radius 2 is 1.85 bits per heavy atom. The van der Waals surface area contributed by atoms with E-state index in [1.807, 2.05) is 24.3 Å². The van der Waals surface area contributed by atoms with Crippen LogP contribution in [-0.4, -0.2) is 70.1 Å². The zero-order chi connectivity index (χ0) is 24.3. The molecule has 1 fully saturated rings. The van der Waals surface area contributed by atoms with Crippen molar-refractivity contribution in [2.75, 3.05) is 44.8 Å². The average Bonchev–Trinajstić information content (AvgIpc) is 3.28. The van der Waals surface area contributed by atoms with Crippen LogP contribution < -0.4 is 10.4 Å². The van der Waals surface area contributed by atoms with Crippen molar-refractivity contribution in [1.29, 1.82) is 5.26 Å². The van der Waals surface area contributed by atoms with E-state index in [-0.39, 0.29) is 17.0 Å². The lowest BCUT2D eigenvalue weighted by Crippen LogP contribution is -2.47. The number of carbonyl (C=O) groups excluding carboxylic acids is 1. The molecule has 1 aromatic carbocycles. The number of hydrazine groups is 1. The highest BCUT2D eigenvalue weighted by Gasteiger charge is 2.23. The highest BCUT2D eigenvalue weighted by molar-refractivity contribution is 5.95. The smallest absolute Gasteiger partial charge is 0.269 e. The van der Waals surface area contributed by atoms with Crippen molar-refractivity contribution in [3.05, 3.63) is 59.4 Å². The minimum absolute atomic E-state index is 0.130. The molecule has 4 rings (SSSR count). The predicted molar refractivity (Wildman–Crippen MR) is 131 cm³/mol. The fraction of sp³-hybridized carbons (Fsp3) is 0.440. The summed E-state index contributed by atoms with van der Waals surface area (Å²) in [5.41, 5.74) is 5.48. The number of benzene rings is 1. The Bertz CT molecular complexity index is 1180. The summed E-state index contributed by atoms with van der Waals surface area (Å²) in [4.78, 5) is 22.3. The van der Waals surface area contributed by atoms with Gasteiger partial charge < -0.3 is 4.90 Å². The molecule has 0 saturated carbocycles. The number of piperazine rings is 1. The van der Waals surface area contributed by atoms with Crippen molar-refractivity contribution in [3.8, 4) is 6.07 Å². The quantitative estimate of drug-likeness (QED) is 0.565. The van der Waals surface area contributed by atoms with Crippen molar-refractivity contribution >= 4 is 17.4 Å². The van der Waals surface area contributed by atoms with Crippen LogP contribution in [0.1, 0.15) is 42.4 Å². The van der Waals surface area contributed by atoms with Gasteiger partial charge in [-0.05, 0) is 30.2 Å². The Morgan fingerprint density at radius 1 is 1.15 bits per heavy atom. The molecule has 9 nitrogen and oxygen atoms in total. The van der Waals surface area contributed by atoms with E-state index in [1.54, 1.807) is 27.9 Å². The van der Waals surface area contributed by atoms with E-state index >= 15 is 0 Å². The topological polar surface area (TPSA) is 92.8 Å². The average molecular weight is 461 g/mol. The Hall–Kier alpha value is -3.48. The number of likely N-dealkylation sites (N-methyl/N-ethyl adjacent to an activating group) is 1. The molecule has 1 amide bonds. The molecule has 34 heavy (non-hydrogen) atoms. The molecule has 0 spiro atoms. The second-order valence-electron chi connectivity index (χ2n) is 10.1. The summed E-state index contributed by atoms with van der Waals surface area (Å²) in [6.45, 7) is 11.9. The number of nitriles is 1. The fourth-order valence-electron chi connectivity index (χ4n) is 4.01. The van der Waals surface area contributed by atoms with Crippen LogP contribution >= 0.6 is 0 Å². The molecule has 1 aliphatic heterocycles. The number of hydrogen-bond donors (Lipinski definition) is 1. The van der Waals surface area contributed by atoms with Gasteiger partial charge in [-0.1, -0.05) is 32.9 Å². The summed E-state index contributed by atoms with van der Waals surface area (Å²) in [7, 11) is 2.15. The van der Waals surface area contributed by atoms with E-state index in [0.29, 0.717) is 23.6 Å². The molecule has 0 bridgehead atoms. The maximum absolute atomic E-state index is 13.2. The van der Waals surface area contributed by atoms with Crippen LogP contribution in [0.2, 0.25) is 0 Å². The zero-order valence-electron chi connectivity index (χ0n) is 20.3. The molecule has 2 aromatic heterocycles. The highest BCUT2D eigenvalue weighted by Crippen LogP contribution is 2.22. The molecule has 0 aliphatic carbocycles. The molecular formula is C25H32N8O. The summed E-state index contributed by atoms with van der Waals surface area (Å²) < 4.78 is 1.63. The van der Waals surface area contributed by atoms with Crippen LogP contribution in [0.4, 0.5) is 5.82 Å². The standard InChI is InChI=1S/C25H32N8O/c1-25(2,3)18-32(23-15-21(16-26)28-22-9-10-27-33(22)23)29-24(34)20-7-5-19(6-8-20)17-31-13-11-30(4)12-14-31/h5-10,15H,11-14,17-18H2,1-4H3,(H,29,34). The van der Waals surface area contributed by atoms with Crippen LogP contribution in [0.5, 0.6) is 0 Å². The Labute approximate surface area is 200 Å². The van der Waals surface area contributed by atoms with E-state index in [4.69, 9.17) is 0 Å². The number of nitrogens with one attached hydrogen (secondary N) is 1. The molecule has 0 atom stereocenters. The van der Waals surface area contributed by atoms with E-state index in [1.165, 1.54) is 5.56 Å². The summed E-state index contributed by atoms with van der Waals surface area (Å²) in [6, 6.07) is 13.3. The van der Waals surface area contributed by atoms with E-state index < -0.39 is 0 Å². The third kappa shape index (κ3) is 5.71. The SMILES string of the molecule is CN1CCN(Cc2ccc(C(=O)NN(CC(C)(C)C)c3cc(C#N)nc4ccnn34)cc2)CC1. The molecule has 3 aromatic rings. The maximum Gasteiger partial charge on any atom is 0.269 e. The van der Waals surface area contributed by atoms with Crippen LogP contribution in [0.25, 0.3) is 5.65 Å². The van der Waals surface area contributed by atoms with Gasteiger partial charge in [0.2, 0.25) is 0 Å². The number of rotatable bonds is 6. The minimum Gasteiger partial charge on any atom is -0.304 e. The second-order valence-corrected chi connectivity index (χ2v) is 10.1. The van der Waals surface area contributed by atoms with Gasteiger partial charge in [0.25, 0.3) is 5.91 Å². The molecule has 0 radical (unpaired) electrons. The summed E-state index contributed by atoms with van der Waals surface area (Å²) in [5, 5.41) is 15.5. The van der Waals surface area contributed by atoms with Crippen molar-refractivity contribution in [3.63, 3.8) is 0 Å². The first-order chi connectivity index (χ1) is 16.2. The number of hydrogen-bond acceptors (Lipinski definition) is 7. The normalized spacial score (nSPS) is 15.3. The van der Waals surface area contributed by atoms with Gasteiger partial charge in [0.05, 0.1) is 6.20 Å². The van der Waals surface area contributed by atoms with Gasteiger partial charge >= 0.3 is 0 Å². The van der Waals surface area contributed by atoms with Gasteiger partial charge in [0.1, 0.15) is 11.8 Å². The highest BCUT2D eigenvalue weighted by atomic mass is 16.2. The minimum atomic E-state index is -0.217. The molecule has 1 saturated heterocycles. The first-order valence-corrected chi connectivity index (χ1v) is 11.5. The van der Waals surface area contributed by atoms with Crippen molar-refractivity contribution in [1.82, 2.24) is 29.8 Å². The zero-order valence-corrected chi connectivity index (χ0v) is 20.3. The number of carbonyl (C=O) groups is 1. The van der Waals surface area contributed by atoms with Gasteiger partial charge in [-0.25, -0.2) is 4.98 Å². The summed E-state index contributed by atoms with van der Waals surface area (Å²) in [6.07, 6.45) is 1.63. The molecule has 1 aliphatic rings. The molecule has 1 N–H and O–H groups in total. The summed E-state index contributed by atoms with van der Waals surface area (Å²) in [5.74, 6) is 0.368. The fourth-order valence-corrected chi connectivity index (χ4v) is 4.01. The summed E-state index contributed by atoms with van der Waals surface area (Å²) >= 11 is 0. The Kier molecular flexibility index (Phi) is 6.82. The van der Waals surface area contributed by atoms with Crippen LogP contribution in [0.3, 0.4) is 0 Å². The van der Waals surface area contributed by atoms with Crippen molar-refractivity contribution in [2.24, 2.45) is 5.41 Å². The van der Waals surface area contributed by atoms with E-state index in [9.17, 15) is 10.1 Å². The van der Waals surface area contributed by atoms with Gasteiger partial charge in [0, 0.05) is 57.0 Å². The van der Waals surface area contributed by atoms with Gasteiger partial charge in [0.15, 0.2) is 11.5 Å². The van der Waals surface area contributed by atoms with Crippen LogP contribution in [-0.2, 0) is 6.54 Å². The first kappa shape index (κ1) is 23.7. The van der Waals surface area contributed by atoms with Crippen molar-refractivity contribution in [2.45, 2.75) is 27.3 Å². The largest absolute Gasteiger partial charge is 0.304 e.